The van der Waals surface area contributed by atoms with Gasteiger partial charge in [0.25, 0.3) is 10.0 Å². The van der Waals surface area contributed by atoms with Crippen LogP contribution in [0, 0.1) is 6.92 Å². The normalized spacial score (nSPS) is 11.4. The number of aryl methyl sites for hydroxylation is 1. The monoisotopic (exact) mass is 391 g/mol. The van der Waals surface area contributed by atoms with Crippen molar-refractivity contribution < 1.29 is 23.1 Å². The van der Waals surface area contributed by atoms with E-state index in [4.69, 9.17) is 4.74 Å². The Bertz CT molecular complexity index is 935. The van der Waals surface area contributed by atoms with Crippen molar-refractivity contribution in [3.63, 3.8) is 0 Å². The first-order valence-electron chi connectivity index (χ1n) is 8.79. The molecular weight excluding hydrogens is 366 g/mol. The van der Waals surface area contributed by atoms with Crippen molar-refractivity contribution in [1.29, 1.82) is 0 Å². The molecule has 0 aromatic heterocycles. The second kappa shape index (κ2) is 8.43. The van der Waals surface area contributed by atoms with Crippen LogP contribution in [0.4, 0.5) is 5.69 Å². The molecule has 2 N–H and O–H groups in total. The summed E-state index contributed by atoms with van der Waals surface area (Å²) in [4.78, 5) is 11.4. The first-order valence-corrected chi connectivity index (χ1v) is 10.3. The highest BCUT2D eigenvalue weighted by molar-refractivity contribution is 7.92. The molecule has 0 amide bonds. The van der Waals surface area contributed by atoms with Gasteiger partial charge in [0.15, 0.2) is 0 Å². The van der Waals surface area contributed by atoms with E-state index in [-0.39, 0.29) is 27.8 Å². The van der Waals surface area contributed by atoms with E-state index in [0.29, 0.717) is 6.61 Å². The van der Waals surface area contributed by atoms with E-state index in [1.54, 1.807) is 24.3 Å². The molecule has 2 aromatic rings. The maximum atomic E-state index is 13.1. The van der Waals surface area contributed by atoms with Crippen molar-refractivity contribution in [2.24, 2.45) is 0 Å². The van der Waals surface area contributed by atoms with Crippen molar-refractivity contribution in [2.45, 2.75) is 44.9 Å². The molecule has 0 spiro atoms. The number of hydrogen-bond acceptors (Lipinski definition) is 4. The highest BCUT2D eigenvalue weighted by atomic mass is 32.2. The summed E-state index contributed by atoms with van der Waals surface area (Å²) < 4.78 is 34.2. The number of ether oxygens (including phenoxy) is 1. The van der Waals surface area contributed by atoms with Gasteiger partial charge in [0.1, 0.15) is 10.6 Å². The summed E-state index contributed by atoms with van der Waals surface area (Å²) in [6, 6.07) is 9.22. The summed E-state index contributed by atoms with van der Waals surface area (Å²) in [5.41, 5.74) is 1.73. The Balaban J connectivity index is 2.56. The Morgan fingerprint density at radius 2 is 1.89 bits per heavy atom. The molecule has 0 bridgehead atoms. The van der Waals surface area contributed by atoms with Crippen molar-refractivity contribution in [3.8, 4) is 5.75 Å². The largest absolute Gasteiger partial charge is 0.492 e. The van der Waals surface area contributed by atoms with Gasteiger partial charge in [-0.25, -0.2) is 13.2 Å². The van der Waals surface area contributed by atoms with E-state index in [9.17, 15) is 18.3 Å². The lowest BCUT2D eigenvalue weighted by atomic mass is 9.98. The quantitative estimate of drug-likeness (QED) is 0.695. The highest BCUT2D eigenvalue weighted by Crippen LogP contribution is 2.33. The Hall–Kier alpha value is -2.54. The van der Waals surface area contributed by atoms with Gasteiger partial charge >= 0.3 is 5.97 Å². The third kappa shape index (κ3) is 4.80. The van der Waals surface area contributed by atoms with Crippen molar-refractivity contribution in [1.82, 2.24) is 0 Å². The molecule has 0 atom stereocenters. The number of sulfonamides is 1. The van der Waals surface area contributed by atoms with E-state index in [1.807, 2.05) is 27.7 Å². The lowest BCUT2D eigenvalue weighted by molar-refractivity contribution is 0.0698. The zero-order valence-corrected chi connectivity index (χ0v) is 16.8. The number of carboxylic acid groups (broad SMARTS) is 1. The van der Waals surface area contributed by atoms with Gasteiger partial charge in [0.05, 0.1) is 17.9 Å². The Morgan fingerprint density at radius 1 is 1.22 bits per heavy atom. The number of benzene rings is 2. The van der Waals surface area contributed by atoms with Gasteiger partial charge in [-0.05, 0) is 54.7 Å². The third-order valence-electron chi connectivity index (χ3n) is 4.11. The van der Waals surface area contributed by atoms with Gasteiger partial charge in [-0.1, -0.05) is 32.9 Å². The second-order valence-corrected chi connectivity index (χ2v) is 8.27. The van der Waals surface area contributed by atoms with Crippen LogP contribution in [-0.4, -0.2) is 26.1 Å². The van der Waals surface area contributed by atoms with Crippen LogP contribution in [0.1, 0.15) is 54.6 Å². The number of aromatic carboxylic acids is 1. The first-order chi connectivity index (χ1) is 12.7. The first kappa shape index (κ1) is 20.8. The second-order valence-electron chi connectivity index (χ2n) is 6.61. The van der Waals surface area contributed by atoms with E-state index in [1.165, 1.54) is 12.1 Å². The van der Waals surface area contributed by atoms with Gasteiger partial charge < -0.3 is 9.84 Å². The Labute approximate surface area is 160 Å². The van der Waals surface area contributed by atoms with E-state index in [2.05, 4.69) is 4.72 Å². The van der Waals surface area contributed by atoms with Gasteiger partial charge in [0, 0.05) is 0 Å². The maximum absolute atomic E-state index is 13.1. The predicted molar refractivity (Wildman–Crippen MR) is 105 cm³/mol. The SMILES string of the molecule is CCCOc1cc(C)c(C(C)C)cc1S(=O)(=O)Nc1ccccc1C(=O)O. The lowest BCUT2D eigenvalue weighted by Gasteiger charge is -2.18. The molecule has 2 aromatic carbocycles. The summed E-state index contributed by atoms with van der Waals surface area (Å²) in [7, 11) is -4.04. The fraction of sp³-hybridized carbons (Fsp3) is 0.350. The average molecular weight is 391 g/mol. The Kier molecular flexibility index (Phi) is 6.49. The topological polar surface area (TPSA) is 92.7 Å². The number of carboxylic acids is 1. The number of anilines is 1. The molecule has 6 nitrogen and oxygen atoms in total. The van der Waals surface area contributed by atoms with Gasteiger partial charge in [-0.2, -0.15) is 0 Å². The molecule has 146 valence electrons. The highest BCUT2D eigenvalue weighted by Gasteiger charge is 2.24. The Morgan fingerprint density at radius 3 is 2.48 bits per heavy atom. The van der Waals surface area contributed by atoms with Gasteiger partial charge in [-0.3, -0.25) is 4.72 Å². The minimum absolute atomic E-state index is 0.00504. The number of rotatable bonds is 8. The van der Waals surface area contributed by atoms with Crippen LogP contribution in [0.5, 0.6) is 5.75 Å². The average Bonchev–Trinajstić information content (AvgIpc) is 2.59. The molecule has 2 rings (SSSR count). The molecule has 7 heteroatoms. The smallest absolute Gasteiger partial charge is 0.337 e. The molecule has 0 saturated heterocycles. The summed E-state index contributed by atoms with van der Waals surface area (Å²) in [5, 5.41) is 9.30. The molecule has 0 aliphatic carbocycles. The zero-order chi connectivity index (χ0) is 20.2. The molecule has 27 heavy (non-hydrogen) atoms. The van der Waals surface area contributed by atoms with Crippen molar-refractivity contribution in [3.05, 3.63) is 53.1 Å². The number of nitrogens with one attached hydrogen (secondary N) is 1. The van der Waals surface area contributed by atoms with Crippen LogP contribution < -0.4 is 9.46 Å². The van der Waals surface area contributed by atoms with Crippen LogP contribution in [0.25, 0.3) is 0 Å². The molecule has 0 radical (unpaired) electrons. The van der Waals surface area contributed by atoms with Crippen LogP contribution in [0.2, 0.25) is 0 Å². The standard InChI is InChI=1S/C20H25NO5S/c1-5-10-26-18-11-14(4)16(13(2)3)12-19(18)27(24,25)21-17-9-7-6-8-15(17)20(22)23/h6-9,11-13,21H,5,10H2,1-4H3,(H,22,23). The molecule has 0 unspecified atom stereocenters. The fourth-order valence-corrected chi connectivity index (χ4v) is 4.03. The summed E-state index contributed by atoms with van der Waals surface area (Å²) in [5.74, 6) is -0.813. The van der Waals surface area contributed by atoms with Crippen LogP contribution in [0.3, 0.4) is 0 Å². The summed E-state index contributed by atoms with van der Waals surface area (Å²) >= 11 is 0. The number of para-hydroxylation sites is 1. The summed E-state index contributed by atoms with van der Waals surface area (Å²) in [6.07, 6.45) is 0.736. The molecule has 0 saturated carbocycles. The molecular formula is C20H25NO5S. The van der Waals surface area contributed by atoms with Crippen LogP contribution in [-0.2, 0) is 10.0 Å². The fourth-order valence-electron chi connectivity index (χ4n) is 2.79. The zero-order valence-electron chi connectivity index (χ0n) is 15.9. The minimum Gasteiger partial charge on any atom is -0.492 e. The third-order valence-corrected chi connectivity index (χ3v) is 5.49. The molecule has 0 fully saturated rings. The lowest BCUT2D eigenvalue weighted by Crippen LogP contribution is -2.17. The number of hydrogen-bond donors (Lipinski definition) is 2. The van der Waals surface area contributed by atoms with Crippen molar-refractivity contribution in [2.75, 3.05) is 11.3 Å². The molecule has 0 aliphatic rings. The maximum Gasteiger partial charge on any atom is 0.337 e. The minimum atomic E-state index is -4.04. The molecule has 0 heterocycles. The van der Waals surface area contributed by atoms with E-state index in [0.717, 1.165) is 17.5 Å². The molecule has 0 aliphatic heterocycles. The van der Waals surface area contributed by atoms with E-state index >= 15 is 0 Å². The van der Waals surface area contributed by atoms with Crippen LogP contribution >= 0.6 is 0 Å². The van der Waals surface area contributed by atoms with E-state index < -0.39 is 16.0 Å². The van der Waals surface area contributed by atoms with Gasteiger partial charge in [0.2, 0.25) is 0 Å². The predicted octanol–water partition coefficient (Wildman–Crippen LogP) is 4.41. The van der Waals surface area contributed by atoms with Crippen LogP contribution in [0.15, 0.2) is 41.3 Å². The number of carbonyl (C=O) groups is 1. The van der Waals surface area contributed by atoms with Gasteiger partial charge in [-0.15, -0.1) is 0 Å². The van der Waals surface area contributed by atoms with Crippen molar-refractivity contribution >= 4 is 21.7 Å². The summed E-state index contributed by atoms with van der Waals surface area (Å²) in [6.45, 7) is 8.20.